The molecule has 0 spiro atoms. The van der Waals surface area contributed by atoms with E-state index in [2.05, 4.69) is 18.3 Å². The summed E-state index contributed by atoms with van der Waals surface area (Å²) < 4.78 is 13.3. The molecule has 0 aliphatic heterocycles. The van der Waals surface area contributed by atoms with Gasteiger partial charge in [0.15, 0.2) is 0 Å². The summed E-state index contributed by atoms with van der Waals surface area (Å²) in [6.07, 6.45) is 1.25. The largest absolute Gasteiger partial charge is 0.313 e. The molecule has 0 bridgehead atoms. The molecule has 82 valence electrons. The van der Waals surface area contributed by atoms with E-state index in [1.54, 1.807) is 12.1 Å². The van der Waals surface area contributed by atoms with Gasteiger partial charge in [-0.3, -0.25) is 0 Å². The molecule has 3 unspecified atom stereocenters. The minimum absolute atomic E-state index is 0.126. The van der Waals surface area contributed by atoms with E-state index in [0.29, 0.717) is 12.0 Å². The van der Waals surface area contributed by atoms with E-state index in [9.17, 15) is 4.39 Å². The zero-order chi connectivity index (χ0) is 11.0. The molecule has 3 atom stereocenters. The molecule has 2 heteroatoms. The van der Waals surface area contributed by atoms with E-state index in [0.717, 1.165) is 17.0 Å². The summed E-state index contributed by atoms with van der Waals surface area (Å²) in [5.74, 6) is 1.32. The molecule has 1 aliphatic rings. The Kier molecular flexibility index (Phi) is 2.79. The average molecular weight is 207 g/mol. The Hall–Kier alpha value is -0.890. The highest BCUT2D eigenvalue weighted by molar-refractivity contribution is 5.27. The summed E-state index contributed by atoms with van der Waals surface area (Å²) in [5.41, 5.74) is 2.09. The van der Waals surface area contributed by atoms with E-state index < -0.39 is 0 Å². The lowest BCUT2D eigenvalue weighted by molar-refractivity contribution is 0.499. The number of rotatable bonds is 3. The molecule has 1 aromatic carbocycles. The first kappa shape index (κ1) is 10.6. The monoisotopic (exact) mass is 207 g/mol. The topological polar surface area (TPSA) is 12.0 Å². The number of hydrogen-bond donors (Lipinski definition) is 1. The first-order valence-corrected chi connectivity index (χ1v) is 5.56. The number of hydrogen-bond acceptors (Lipinski definition) is 1. The van der Waals surface area contributed by atoms with Gasteiger partial charge in [-0.25, -0.2) is 4.39 Å². The Morgan fingerprint density at radius 1 is 1.40 bits per heavy atom. The van der Waals surface area contributed by atoms with Crippen molar-refractivity contribution in [3.8, 4) is 0 Å². The SMILES string of the molecule is CNC(c1cc(C)cc(F)c1)C1CC1C. The van der Waals surface area contributed by atoms with Crippen molar-refractivity contribution in [1.82, 2.24) is 5.32 Å². The van der Waals surface area contributed by atoms with Crippen molar-refractivity contribution >= 4 is 0 Å². The molecule has 0 aromatic heterocycles. The van der Waals surface area contributed by atoms with Gasteiger partial charge in [0.05, 0.1) is 0 Å². The van der Waals surface area contributed by atoms with Crippen LogP contribution in [0.15, 0.2) is 18.2 Å². The molecule has 1 nitrogen and oxygen atoms in total. The van der Waals surface area contributed by atoms with Gasteiger partial charge in [0.1, 0.15) is 5.82 Å². The lowest BCUT2D eigenvalue weighted by Crippen LogP contribution is -2.19. The van der Waals surface area contributed by atoms with Crippen LogP contribution in [0.5, 0.6) is 0 Å². The average Bonchev–Trinajstić information content (AvgIpc) is 2.82. The van der Waals surface area contributed by atoms with E-state index >= 15 is 0 Å². The maximum atomic E-state index is 13.3. The van der Waals surface area contributed by atoms with Gasteiger partial charge in [-0.15, -0.1) is 0 Å². The third-order valence-corrected chi connectivity index (χ3v) is 3.33. The fourth-order valence-corrected chi connectivity index (χ4v) is 2.39. The van der Waals surface area contributed by atoms with Crippen molar-refractivity contribution in [1.29, 1.82) is 0 Å². The Bertz CT molecular complexity index is 341. The molecule has 1 saturated carbocycles. The first-order valence-electron chi connectivity index (χ1n) is 5.56. The maximum absolute atomic E-state index is 13.3. The predicted octanol–water partition coefficient (Wildman–Crippen LogP) is 3.05. The van der Waals surface area contributed by atoms with Gasteiger partial charge < -0.3 is 5.32 Å². The Balaban J connectivity index is 2.26. The molecule has 2 rings (SSSR count). The van der Waals surface area contributed by atoms with Gasteiger partial charge in [-0.1, -0.05) is 13.0 Å². The van der Waals surface area contributed by atoms with Crippen molar-refractivity contribution in [2.24, 2.45) is 11.8 Å². The zero-order valence-corrected chi connectivity index (χ0v) is 9.55. The fourth-order valence-electron chi connectivity index (χ4n) is 2.39. The number of benzene rings is 1. The van der Waals surface area contributed by atoms with Crippen molar-refractivity contribution in [2.45, 2.75) is 26.3 Å². The summed E-state index contributed by atoms with van der Waals surface area (Å²) >= 11 is 0. The van der Waals surface area contributed by atoms with E-state index in [1.165, 1.54) is 6.42 Å². The van der Waals surface area contributed by atoms with Crippen LogP contribution in [-0.4, -0.2) is 7.05 Å². The Morgan fingerprint density at radius 2 is 2.07 bits per heavy atom. The van der Waals surface area contributed by atoms with Crippen LogP contribution in [0.1, 0.15) is 30.5 Å². The number of halogens is 1. The van der Waals surface area contributed by atoms with Crippen molar-refractivity contribution in [3.63, 3.8) is 0 Å². The fraction of sp³-hybridized carbons (Fsp3) is 0.538. The minimum atomic E-state index is -0.126. The Morgan fingerprint density at radius 3 is 2.53 bits per heavy atom. The third kappa shape index (κ3) is 2.20. The van der Waals surface area contributed by atoms with Crippen molar-refractivity contribution in [2.75, 3.05) is 7.05 Å². The van der Waals surface area contributed by atoms with Gasteiger partial charge in [-0.2, -0.15) is 0 Å². The van der Waals surface area contributed by atoms with E-state index in [1.807, 2.05) is 14.0 Å². The van der Waals surface area contributed by atoms with Gasteiger partial charge >= 0.3 is 0 Å². The van der Waals surface area contributed by atoms with E-state index in [-0.39, 0.29) is 5.82 Å². The smallest absolute Gasteiger partial charge is 0.123 e. The molecule has 1 N–H and O–H groups in total. The van der Waals surface area contributed by atoms with Gasteiger partial charge in [-0.05, 0) is 55.5 Å². The summed E-state index contributed by atoms with van der Waals surface area (Å²) in [6, 6.07) is 5.62. The van der Waals surface area contributed by atoms with Crippen LogP contribution in [0.4, 0.5) is 4.39 Å². The quantitative estimate of drug-likeness (QED) is 0.803. The summed E-state index contributed by atoms with van der Waals surface area (Å²) in [4.78, 5) is 0. The second-order valence-corrected chi connectivity index (χ2v) is 4.71. The first-order chi connectivity index (χ1) is 7.11. The lowest BCUT2D eigenvalue weighted by Gasteiger charge is -2.17. The predicted molar refractivity (Wildman–Crippen MR) is 60.2 cm³/mol. The van der Waals surface area contributed by atoms with Crippen LogP contribution >= 0.6 is 0 Å². The number of aryl methyl sites for hydroxylation is 1. The van der Waals surface area contributed by atoms with Crippen LogP contribution in [0.25, 0.3) is 0 Å². The highest BCUT2D eigenvalue weighted by Crippen LogP contribution is 2.46. The Labute approximate surface area is 90.7 Å². The molecular formula is C13H18FN. The van der Waals surface area contributed by atoms with E-state index in [4.69, 9.17) is 0 Å². The summed E-state index contributed by atoms with van der Waals surface area (Å²) in [7, 11) is 1.95. The zero-order valence-electron chi connectivity index (χ0n) is 9.55. The molecular weight excluding hydrogens is 189 g/mol. The molecule has 0 heterocycles. The van der Waals surface area contributed by atoms with Crippen LogP contribution in [0.2, 0.25) is 0 Å². The summed E-state index contributed by atoms with van der Waals surface area (Å²) in [6.45, 7) is 4.19. The molecule has 0 radical (unpaired) electrons. The number of nitrogens with one attached hydrogen (secondary N) is 1. The second kappa shape index (κ2) is 3.93. The highest BCUT2D eigenvalue weighted by Gasteiger charge is 2.39. The minimum Gasteiger partial charge on any atom is -0.313 e. The van der Waals surface area contributed by atoms with Crippen molar-refractivity contribution in [3.05, 3.63) is 35.1 Å². The third-order valence-electron chi connectivity index (χ3n) is 3.33. The molecule has 1 aromatic rings. The normalized spacial score (nSPS) is 26.4. The summed E-state index contributed by atoms with van der Waals surface area (Å²) in [5, 5.41) is 3.30. The van der Waals surface area contributed by atoms with Crippen LogP contribution in [0, 0.1) is 24.6 Å². The second-order valence-electron chi connectivity index (χ2n) is 4.71. The van der Waals surface area contributed by atoms with Gasteiger partial charge in [0.25, 0.3) is 0 Å². The lowest BCUT2D eigenvalue weighted by atomic mass is 9.99. The molecule has 0 saturated heterocycles. The van der Waals surface area contributed by atoms with Crippen molar-refractivity contribution < 1.29 is 4.39 Å². The van der Waals surface area contributed by atoms with Crippen LogP contribution < -0.4 is 5.32 Å². The molecule has 15 heavy (non-hydrogen) atoms. The maximum Gasteiger partial charge on any atom is 0.123 e. The van der Waals surface area contributed by atoms with Crippen LogP contribution in [-0.2, 0) is 0 Å². The van der Waals surface area contributed by atoms with Gasteiger partial charge in [0, 0.05) is 6.04 Å². The van der Waals surface area contributed by atoms with Crippen LogP contribution in [0.3, 0.4) is 0 Å². The standard InChI is InChI=1S/C13H18FN/c1-8-4-10(7-11(14)5-8)13(15-3)12-6-9(12)2/h4-5,7,9,12-13,15H,6H2,1-3H3. The van der Waals surface area contributed by atoms with Gasteiger partial charge in [0.2, 0.25) is 0 Å². The highest BCUT2D eigenvalue weighted by atomic mass is 19.1. The molecule has 1 fully saturated rings. The molecule has 1 aliphatic carbocycles. The molecule has 0 amide bonds.